The molecule has 0 bridgehead atoms. The lowest BCUT2D eigenvalue weighted by molar-refractivity contribution is 0.0713. The van der Waals surface area contributed by atoms with Crippen LogP contribution in [0.1, 0.15) is 39.9 Å². The summed E-state index contributed by atoms with van der Waals surface area (Å²) < 4.78 is 31.8. The van der Waals surface area contributed by atoms with Gasteiger partial charge in [-0.05, 0) is 31.0 Å². The SMILES string of the molecule is Cc1oc(C#N)cc1C(=O)N1C[C@H](O)C[C@H]1c1ccc(F)c(F)c1. The van der Waals surface area contributed by atoms with E-state index in [-0.39, 0.29) is 24.3 Å². The van der Waals surface area contributed by atoms with E-state index in [1.54, 1.807) is 6.92 Å². The molecule has 0 saturated carbocycles. The molecule has 3 rings (SSSR count). The van der Waals surface area contributed by atoms with Gasteiger partial charge in [-0.1, -0.05) is 6.07 Å². The van der Waals surface area contributed by atoms with Crippen LogP contribution in [0, 0.1) is 29.9 Å². The summed E-state index contributed by atoms with van der Waals surface area (Å²) in [6.07, 6.45) is -0.548. The highest BCUT2D eigenvalue weighted by Crippen LogP contribution is 2.34. The molecule has 1 N–H and O–H groups in total. The number of rotatable bonds is 2. The van der Waals surface area contributed by atoms with E-state index in [2.05, 4.69) is 0 Å². The zero-order valence-corrected chi connectivity index (χ0v) is 12.8. The third kappa shape index (κ3) is 2.76. The molecule has 5 nitrogen and oxygen atoms in total. The molecule has 1 aromatic heterocycles. The summed E-state index contributed by atoms with van der Waals surface area (Å²) in [7, 11) is 0. The predicted octanol–water partition coefficient (Wildman–Crippen LogP) is 2.69. The number of nitrogens with zero attached hydrogens (tertiary/aromatic N) is 2. The Kier molecular flexibility index (Phi) is 4.08. The van der Waals surface area contributed by atoms with E-state index in [0.717, 1.165) is 12.1 Å². The Bertz CT molecular complexity index is 841. The third-order valence-corrected chi connectivity index (χ3v) is 4.13. The van der Waals surface area contributed by atoms with E-state index in [1.807, 2.05) is 6.07 Å². The standard InChI is InChI=1S/C17H14F2N2O3/c1-9-13(6-12(7-20)24-9)17(23)21-8-11(22)5-16(21)10-2-3-14(18)15(19)4-10/h2-4,6,11,16,22H,5,8H2,1H3/t11-,16+/m1/s1. The van der Waals surface area contributed by atoms with Gasteiger partial charge in [0, 0.05) is 12.6 Å². The summed E-state index contributed by atoms with van der Waals surface area (Å²) in [5, 5.41) is 18.8. The Hall–Kier alpha value is -2.72. The number of hydrogen-bond acceptors (Lipinski definition) is 4. The Labute approximate surface area is 136 Å². The maximum Gasteiger partial charge on any atom is 0.258 e. The summed E-state index contributed by atoms with van der Waals surface area (Å²) in [5.74, 6) is -2.10. The molecule has 24 heavy (non-hydrogen) atoms. The van der Waals surface area contributed by atoms with Gasteiger partial charge in [-0.15, -0.1) is 0 Å². The van der Waals surface area contributed by atoms with Crippen molar-refractivity contribution in [3.63, 3.8) is 0 Å². The number of halogens is 2. The van der Waals surface area contributed by atoms with Gasteiger partial charge in [0.05, 0.1) is 17.7 Å². The fraction of sp³-hybridized carbons (Fsp3) is 0.294. The Morgan fingerprint density at radius 2 is 2.12 bits per heavy atom. The lowest BCUT2D eigenvalue weighted by Gasteiger charge is -2.24. The second-order valence-corrected chi connectivity index (χ2v) is 5.73. The minimum atomic E-state index is -1.01. The summed E-state index contributed by atoms with van der Waals surface area (Å²) in [4.78, 5) is 14.1. The average molecular weight is 332 g/mol. The first-order valence-corrected chi connectivity index (χ1v) is 7.35. The number of likely N-dealkylation sites (tertiary alicyclic amines) is 1. The van der Waals surface area contributed by atoms with Gasteiger partial charge in [0.1, 0.15) is 11.8 Å². The fourth-order valence-corrected chi connectivity index (χ4v) is 2.98. The van der Waals surface area contributed by atoms with Crippen LogP contribution in [0.4, 0.5) is 8.78 Å². The number of benzene rings is 1. The molecule has 1 aromatic carbocycles. The van der Waals surface area contributed by atoms with Gasteiger partial charge in [-0.25, -0.2) is 8.78 Å². The molecule has 0 unspecified atom stereocenters. The van der Waals surface area contributed by atoms with Crippen molar-refractivity contribution in [3.8, 4) is 6.07 Å². The van der Waals surface area contributed by atoms with E-state index < -0.39 is 29.7 Å². The van der Waals surface area contributed by atoms with Gasteiger partial charge in [0.15, 0.2) is 11.6 Å². The van der Waals surface area contributed by atoms with Gasteiger partial charge >= 0.3 is 0 Å². The molecule has 0 spiro atoms. The number of aryl methyl sites for hydroxylation is 1. The van der Waals surface area contributed by atoms with Crippen LogP contribution in [-0.4, -0.2) is 28.6 Å². The highest BCUT2D eigenvalue weighted by atomic mass is 19.2. The lowest BCUT2D eigenvalue weighted by atomic mass is 10.0. The maximum atomic E-state index is 13.5. The zero-order chi connectivity index (χ0) is 17.4. The first-order valence-electron chi connectivity index (χ1n) is 7.35. The van der Waals surface area contributed by atoms with Crippen LogP contribution >= 0.6 is 0 Å². The number of hydrogen-bond donors (Lipinski definition) is 1. The highest BCUT2D eigenvalue weighted by molar-refractivity contribution is 5.96. The summed E-state index contributed by atoms with van der Waals surface area (Å²) in [6, 6.07) is 6.00. The van der Waals surface area contributed by atoms with E-state index in [9.17, 15) is 18.7 Å². The molecule has 1 fully saturated rings. The Morgan fingerprint density at radius 1 is 1.38 bits per heavy atom. The van der Waals surface area contributed by atoms with Crippen molar-refractivity contribution in [1.82, 2.24) is 4.90 Å². The van der Waals surface area contributed by atoms with Gasteiger partial charge in [-0.3, -0.25) is 4.79 Å². The van der Waals surface area contributed by atoms with Gasteiger partial charge < -0.3 is 14.4 Å². The number of amides is 1. The van der Waals surface area contributed by atoms with Gasteiger partial charge in [-0.2, -0.15) is 5.26 Å². The number of carbonyl (C=O) groups is 1. The normalized spacial score (nSPS) is 20.2. The van der Waals surface area contributed by atoms with Crippen molar-refractivity contribution in [1.29, 1.82) is 5.26 Å². The molecule has 0 radical (unpaired) electrons. The zero-order valence-electron chi connectivity index (χ0n) is 12.8. The molecule has 1 amide bonds. The van der Waals surface area contributed by atoms with Crippen LogP contribution in [0.2, 0.25) is 0 Å². The van der Waals surface area contributed by atoms with Gasteiger partial charge in [0.25, 0.3) is 5.91 Å². The molecule has 2 heterocycles. The van der Waals surface area contributed by atoms with Crippen molar-refractivity contribution in [3.05, 3.63) is 58.5 Å². The molecule has 124 valence electrons. The van der Waals surface area contributed by atoms with Crippen LogP contribution in [0.25, 0.3) is 0 Å². The van der Waals surface area contributed by atoms with Crippen molar-refractivity contribution < 1.29 is 23.1 Å². The average Bonchev–Trinajstić information content (AvgIpc) is 3.12. The summed E-state index contributed by atoms with van der Waals surface area (Å²) >= 11 is 0. The van der Waals surface area contributed by atoms with Crippen LogP contribution in [0.15, 0.2) is 28.7 Å². The molecular weight excluding hydrogens is 318 g/mol. The van der Waals surface area contributed by atoms with E-state index in [1.165, 1.54) is 17.0 Å². The molecule has 0 aliphatic carbocycles. The smallest absolute Gasteiger partial charge is 0.258 e. The van der Waals surface area contributed by atoms with Crippen molar-refractivity contribution in [2.45, 2.75) is 25.5 Å². The summed E-state index contributed by atoms with van der Waals surface area (Å²) in [5.41, 5.74) is 0.619. The molecule has 7 heteroatoms. The van der Waals surface area contributed by atoms with Crippen LogP contribution in [0.3, 0.4) is 0 Å². The van der Waals surface area contributed by atoms with Crippen LogP contribution in [-0.2, 0) is 0 Å². The quantitative estimate of drug-likeness (QED) is 0.917. The van der Waals surface area contributed by atoms with E-state index >= 15 is 0 Å². The maximum absolute atomic E-state index is 13.5. The largest absolute Gasteiger partial charge is 0.450 e. The molecule has 2 atom stereocenters. The van der Waals surface area contributed by atoms with Crippen molar-refractivity contribution in [2.75, 3.05) is 6.54 Å². The fourth-order valence-electron chi connectivity index (χ4n) is 2.98. The first-order chi connectivity index (χ1) is 11.4. The molecule has 2 aromatic rings. The van der Waals surface area contributed by atoms with Crippen molar-refractivity contribution >= 4 is 5.91 Å². The Morgan fingerprint density at radius 3 is 2.75 bits per heavy atom. The number of nitriles is 1. The highest BCUT2D eigenvalue weighted by Gasteiger charge is 2.37. The second kappa shape index (κ2) is 6.06. The molecule has 1 aliphatic heterocycles. The first kappa shape index (κ1) is 16.1. The molecule has 1 aliphatic rings. The predicted molar refractivity (Wildman–Crippen MR) is 78.9 cm³/mol. The monoisotopic (exact) mass is 332 g/mol. The van der Waals surface area contributed by atoms with Crippen LogP contribution in [0.5, 0.6) is 0 Å². The minimum absolute atomic E-state index is 0.0139. The van der Waals surface area contributed by atoms with E-state index in [4.69, 9.17) is 9.68 Å². The Balaban J connectivity index is 1.95. The van der Waals surface area contributed by atoms with Crippen LogP contribution < -0.4 is 0 Å². The topological polar surface area (TPSA) is 77.5 Å². The number of β-amino-alcohol motifs (C(OH)–C–C–N with tert-alkyl or cyclic N) is 1. The van der Waals surface area contributed by atoms with Crippen molar-refractivity contribution in [2.24, 2.45) is 0 Å². The summed E-state index contributed by atoms with van der Waals surface area (Å²) in [6.45, 7) is 1.63. The lowest BCUT2D eigenvalue weighted by Crippen LogP contribution is -2.32. The van der Waals surface area contributed by atoms with Gasteiger partial charge in [0.2, 0.25) is 5.76 Å². The number of furan rings is 1. The number of carbonyl (C=O) groups excluding carboxylic acids is 1. The molecular formula is C17H14F2N2O3. The number of aliphatic hydroxyl groups is 1. The third-order valence-electron chi connectivity index (χ3n) is 4.13. The molecule has 1 saturated heterocycles. The second-order valence-electron chi connectivity index (χ2n) is 5.73. The minimum Gasteiger partial charge on any atom is -0.450 e. The van der Waals surface area contributed by atoms with E-state index in [0.29, 0.717) is 11.3 Å². The number of aliphatic hydroxyl groups excluding tert-OH is 1.